The molecule has 0 atom stereocenters. The largest absolute Gasteiger partial charge is 0.352 e. The zero-order chi connectivity index (χ0) is 14.6. The van der Waals surface area contributed by atoms with E-state index in [4.69, 9.17) is 22.3 Å². The van der Waals surface area contributed by atoms with Crippen molar-refractivity contribution in [3.8, 4) is 0 Å². The number of carbonyl (C=O) groups is 1. The Labute approximate surface area is 120 Å². The van der Waals surface area contributed by atoms with Crippen LogP contribution in [0.1, 0.15) is 30.1 Å². The van der Waals surface area contributed by atoms with Gasteiger partial charge >= 0.3 is 0 Å². The number of nitrogens with one attached hydrogen (secondary N) is 1. The average Bonchev–Trinajstić information content (AvgIpc) is 2.30. The van der Waals surface area contributed by atoms with Crippen LogP contribution in [-0.2, 0) is 9.05 Å². The van der Waals surface area contributed by atoms with Gasteiger partial charge in [-0.1, -0.05) is 24.9 Å². The van der Waals surface area contributed by atoms with Crippen molar-refractivity contribution in [3.63, 3.8) is 0 Å². The molecule has 0 aliphatic heterocycles. The first kappa shape index (κ1) is 16.2. The molecule has 1 N–H and O–H groups in total. The van der Waals surface area contributed by atoms with Gasteiger partial charge in [-0.3, -0.25) is 4.79 Å². The third-order valence-electron chi connectivity index (χ3n) is 2.33. The molecule has 8 heteroatoms. The number of halogens is 3. The van der Waals surface area contributed by atoms with Gasteiger partial charge in [0.05, 0.1) is 5.56 Å². The average molecular weight is 328 g/mol. The molecule has 0 saturated heterocycles. The van der Waals surface area contributed by atoms with Gasteiger partial charge in [-0.05, 0) is 18.6 Å². The Bertz CT molecular complexity index is 590. The summed E-state index contributed by atoms with van der Waals surface area (Å²) in [7, 11) is 0.777. The highest BCUT2D eigenvalue weighted by molar-refractivity contribution is 8.13. The molecule has 1 rings (SSSR count). The highest BCUT2D eigenvalue weighted by Crippen LogP contribution is 2.26. The summed E-state index contributed by atoms with van der Waals surface area (Å²) in [5.41, 5.74) is -0.442. The molecule has 106 valence electrons. The van der Waals surface area contributed by atoms with Crippen molar-refractivity contribution < 1.29 is 17.6 Å². The molecule has 0 aliphatic carbocycles. The Morgan fingerprint density at radius 3 is 2.58 bits per heavy atom. The van der Waals surface area contributed by atoms with Crippen LogP contribution in [0.4, 0.5) is 4.39 Å². The Morgan fingerprint density at radius 1 is 1.42 bits per heavy atom. The number of amides is 1. The second-order valence-corrected chi connectivity index (χ2v) is 6.78. The maximum atomic E-state index is 13.9. The van der Waals surface area contributed by atoms with Gasteiger partial charge in [0.1, 0.15) is 4.90 Å². The van der Waals surface area contributed by atoms with Crippen molar-refractivity contribution in [1.82, 2.24) is 5.32 Å². The fourth-order valence-electron chi connectivity index (χ4n) is 1.38. The summed E-state index contributed by atoms with van der Waals surface area (Å²) in [6.07, 6.45) is 1.59. The van der Waals surface area contributed by atoms with E-state index in [1.807, 2.05) is 6.92 Å². The van der Waals surface area contributed by atoms with Gasteiger partial charge in [-0.15, -0.1) is 0 Å². The minimum Gasteiger partial charge on any atom is -0.352 e. The fourth-order valence-corrected chi connectivity index (χ4v) is 2.59. The molecule has 0 fully saturated rings. The van der Waals surface area contributed by atoms with Gasteiger partial charge in [0.2, 0.25) is 0 Å². The lowest BCUT2D eigenvalue weighted by molar-refractivity contribution is 0.0948. The summed E-state index contributed by atoms with van der Waals surface area (Å²) in [6.45, 7) is 2.30. The lowest BCUT2D eigenvalue weighted by atomic mass is 10.2. The number of hydrogen-bond donors (Lipinski definition) is 1. The molecule has 0 bridgehead atoms. The summed E-state index contributed by atoms with van der Waals surface area (Å²) in [5.74, 6) is -1.93. The monoisotopic (exact) mass is 327 g/mol. The topological polar surface area (TPSA) is 63.2 Å². The van der Waals surface area contributed by atoms with Crippen LogP contribution in [0, 0.1) is 5.82 Å². The third-order valence-corrected chi connectivity index (χ3v) is 3.87. The third kappa shape index (κ3) is 4.33. The summed E-state index contributed by atoms with van der Waals surface area (Å²) in [5, 5.41) is 2.39. The van der Waals surface area contributed by atoms with Crippen LogP contribution in [0.15, 0.2) is 17.0 Å². The summed E-state index contributed by atoms with van der Waals surface area (Å²) < 4.78 is 36.3. The van der Waals surface area contributed by atoms with Gasteiger partial charge in [0.15, 0.2) is 5.82 Å². The minimum absolute atomic E-state index is 0.0822. The van der Waals surface area contributed by atoms with Crippen molar-refractivity contribution in [3.05, 3.63) is 28.5 Å². The van der Waals surface area contributed by atoms with Crippen LogP contribution in [0.3, 0.4) is 0 Å². The Balaban J connectivity index is 3.15. The Kier molecular flexibility index (Phi) is 5.58. The molecule has 19 heavy (non-hydrogen) atoms. The lowest BCUT2D eigenvalue weighted by Gasteiger charge is -2.08. The van der Waals surface area contributed by atoms with Crippen LogP contribution in [0.5, 0.6) is 0 Å². The van der Waals surface area contributed by atoms with Crippen LogP contribution in [0.2, 0.25) is 5.02 Å². The van der Waals surface area contributed by atoms with Crippen molar-refractivity contribution in [2.75, 3.05) is 6.54 Å². The lowest BCUT2D eigenvalue weighted by Crippen LogP contribution is -2.25. The number of hydrogen-bond acceptors (Lipinski definition) is 3. The van der Waals surface area contributed by atoms with Crippen molar-refractivity contribution >= 4 is 37.2 Å². The smallest absolute Gasteiger partial charge is 0.264 e. The van der Waals surface area contributed by atoms with E-state index < -0.39 is 31.2 Å². The summed E-state index contributed by atoms with van der Waals surface area (Å²) >= 11 is 5.66. The summed E-state index contributed by atoms with van der Waals surface area (Å²) in [6, 6.07) is 1.92. The van der Waals surface area contributed by atoms with E-state index in [0.717, 1.165) is 25.0 Å². The maximum absolute atomic E-state index is 13.9. The number of carbonyl (C=O) groups excluding carboxylic acids is 1. The molecule has 1 amide bonds. The van der Waals surface area contributed by atoms with Gasteiger partial charge in [-0.25, -0.2) is 12.8 Å². The molecular weight excluding hydrogens is 316 g/mol. The van der Waals surface area contributed by atoms with Gasteiger partial charge in [0.25, 0.3) is 15.0 Å². The van der Waals surface area contributed by atoms with Crippen LogP contribution < -0.4 is 5.32 Å². The molecule has 1 aromatic carbocycles. The highest BCUT2D eigenvalue weighted by atomic mass is 35.7. The van der Waals surface area contributed by atoms with E-state index in [0.29, 0.717) is 6.54 Å². The molecule has 0 heterocycles. The van der Waals surface area contributed by atoms with E-state index in [1.54, 1.807) is 0 Å². The molecular formula is C11H12Cl2FNO3S. The number of benzene rings is 1. The van der Waals surface area contributed by atoms with E-state index in [2.05, 4.69) is 5.32 Å². The first-order valence-corrected chi connectivity index (χ1v) is 8.18. The number of unbranched alkanes of at least 4 members (excludes halogenated alkanes) is 1. The quantitative estimate of drug-likeness (QED) is 0.668. The predicted octanol–water partition coefficient (Wildman–Crippen LogP) is 2.94. The maximum Gasteiger partial charge on any atom is 0.264 e. The van der Waals surface area contributed by atoms with Crippen LogP contribution in [-0.4, -0.2) is 20.9 Å². The van der Waals surface area contributed by atoms with Crippen molar-refractivity contribution in [2.45, 2.75) is 24.7 Å². The fraction of sp³-hybridized carbons (Fsp3) is 0.364. The van der Waals surface area contributed by atoms with Crippen LogP contribution in [0.25, 0.3) is 0 Å². The SMILES string of the molecule is CCCCNC(=O)c1cc(Cl)cc(S(=O)(=O)Cl)c1F. The number of rotatable bonds is 5. The molecule has 0 aromatic heterocycles. The molecule has 4 nitrogen and oxygen atoms in total. The first-order valence-electron chi connectivity index (χ1n) is 5.49. The highest BCUT2D eigenvalue weighted by Gasteiger charge is 2.23. The zero-order valence-corrected chi connectivity index (χ0v) is 12.4. The summed E-state index contributed by atoms with van der Waals surface area (Å²) in [4.78, 5) is 10.9. The van der Waals surface area contributed by atoms with E-state index >= 15 is 0 Å². The second-order valence-electron chi connectivity index (χ2n) is 3.81. The molecule has 0 unspecified atom stereocenters. The van der Waals surface area contributed by atoms with Gasteiger partial charge in [-0.2, -0.15) is 0 Å². The molecule has 0 saturated carbocycles. The van der Waals surface area contributed by atoms with Crippen LogP contribution >= 0.6 is 22.3 Å². The zero-order valence-electron chi connectivity index (χ0n) is 10.0. The molecule has 1 aromatic rings. The molecule has 0 radical (unpaired) electrons. The van der Waals surface area contributed by atoms with Gasteiger partial charge in [0, 0.05) is 22.2 Å². The van der Waals surface area contributed by atoms with E-state index in [9.17, 15) is 17.6 Å². The minimum atomic E-state index is -4.30. The van der Waals surface area contributed by atoms with E-state index in [1.165, 1.54) is 0 Å². The van der Waals surface area contributed by atoms with Crippen molar-refractivity contribution in [1.29, 1.82) is 0 Å². The normalized spacial score (nSPS) is 11.4. The molecule has 0 aliphatic rings. The Morgan fingerprint density at radius 2 is 2.05 bits per heavy atom. The standard InChI is InChI=1S/C11H12Cl2FNO3S/c1-2-3-4-15-11(16)8-5-7(12)6-9(10(8)14)19(13,17)18/h5-6H,2-4H2,1H3,(H,15,16). The van der Waals surface area contributed by atoms with Crippen molar-refractivity contribution in [2.24, 2.45) is 0 Å². The van der Waals surface area contributed by atoms with E-state index in [-0.39, 0.29) is 5.02 Å². The molecule has 0 spiro atoms. The predicted molar refractivity (Wildman–Crippen MR) is 71.7 cm³/mol. The second kappa shape index (κ2) is 6.54. The van der Waals surface area contributed by atoms with Gasteiger partial charge < -0.3 is 5.32 Å². The Hall–Kier alpha value is -0.850. The first-order chi connectivity index (χ1) is 8.77.